The van der Waals surface area contributed by atoms with Crippen molar-refractivity contribution in [3.8, 4) is 0 Å². The van der Waals surface area contributed by atoms with Crippen molar-refractivity contribution in [2.75, 3.05) is 0 Å². The Labute approximate surface area is 64.3 Å². The third-order valence-electron chi connectivity index (χ3n) is 1.07. The van der Waals surface area contributed by atoms with Crippen LogP contribution in [-0.2, 0) is 0 Å². The number of imidazole rings is 1. The summed E-state index contributed by atoms with van der Waals surface area (Å²) in [7, 11) is 0. The molecule has 10 heavy (non-hydrogen) atoms. The lowest BCUT2D eigenvalue weighted by molar-refractivity contribution is 1.11. The first-order valence-electron chi connectivity index (χ1n) is 2.69. The quantitative estimate of drug-likeness (QED) is 0.375. The molecule has 1 aromatic rings. The second-order valence-corrected chi connectivity index (χ2v) is 2.16. The van der Waals surface area contributed by atoms with Crippen LogP contribution in [0.2, 0.25) is 0 Å². The first-order valence-corrected chi connectivity index (χ1v) is 3.13. The minimum absolute atomic E-state index is 0.596. The maximum Gasteiger partial charge on any atom is 0.138 e. The smallest absolute Gasteiger partial charge is 0.138 e. The summed E-state index contributed by atoms with van der Waals surface area (Å²) in [5, 5.41) is 7.51. The standard InChI is InChI=1S/C6H7N3S/c1-2-5-8-6(10)3-9(5)4-7/h2-4,7,10H,1H2. The molecule has 0 amide bonds. The zero-order valence-corrected chi connectivity index (χ0v) is 6.18. The molecule has 1 N–H and O–H groups in total. The highest BCUT2D eigenvalue weighted by Crippen LogP contribution is 2.05. The molecule has 3 nitrogen and oxygen atoms in total. The lowest BCUT2D eigenvalue weighted by atomic mass is 10.6. The van der Waals surface area contributed by atoms with Gasteiger partial charge in [0.1, 0.15) is 10.9 Å². The molecule has 0 saturated carbocycles. The van der Waals surface area contributed by atoms with Gasteiger partial charge in [-0.05, 0) is 6.08 Å². The van der Waals surface area contributed by atoms with Crippen LogP contribution in [0.4, 0.5) is 0 Å². The molecule has 4 heteroatoms. The molecular weight excluding hydrogens is 146 g/mol. The van der Waals surface area contributed by atoms with Gasteiger partial charge in [-0.3, -0.25) is 9.98 Å². The van der Waals surface area contributed by atoms with Crippen molar-refractivity contribution < 1.29 is 0 Å². The summed E-state index contributed by atoms with van der Waals surface area (Å²) in [6, 6.07) is 0. The SMILES string of the molecule is C=Cc1nc(S)cn1C=N. The van der Waals surface area contributed by atoms with E-state index in [2.05, 4.69) is 24.2 Å². The van der Waals surface area contributed by atoms with Crippen molar-refractivity contribution in [2.45, 2.75) is 5.03 Å². The monoisotopic (exact) mass is 153 g/mol. The molecule has 0 unspecified atom stereocenters. The normalized spacial score (nSPS) is 9.30. The molecule has 52 valence electrons. The maximum atomic E-state index is 6.92. The lowest BCUT2D eigenvalue weighted by Crippen LogP contribution is -1.93. The molecule has 1 rings (SSSR count). The highest BCUT2D eigenvalue weighted by atomic mass is 32.1. The topological polar surface area (TPSA) is 41.7 Å². The Morgan fingerprint density at radius 3 is 2.90 bits per heavy atom. The van der Waals surface area contributed by atoms with Crippen LogP contribution in [0, 0.1) is 5.41 Å². The van der Waals surface area contributed by atoms with Crippen LogP contribution in [0.5, 0.6) is 0 Å². The third-order valence-corrected chi connectivity index (χ3v) is 1.29. The first-order chi connectivity index (χ1) is 4.77. The summed E-state index contributed by atoms with van der Waals surface area (Å²) >= 11 is 4.00. The first kappa shape index (κ1) is 7.08. The summed E-state index contributed by atoms with van der Waals surface area (Å²) in [6.07, 6.45) is 4.38. The summed E-state index contributed by atoms with van der Waals surface area (Å²) in [4.78, 5) is 3.96. The van der Waals surface area contributed by atoms with Crippen LogP contribution in [0.3, 0.4) is 0 Å². The van der Waals surface area contributed by atoms with Gasteiger partial charge in [-0.25, -0.2) is 4.98 Å². The second-order valence-electron chi connectivity index (χ2n) is 1.70. The fraction of sp³-hybridized carbons (Fsp3) is 0. The third kappa shape index (κ3) is 1.11. The molecule has 1 aromatic heterocycles. The summed E-state index contributed by atoms with van der Waals surface area (Å²) < 4.78 is 1.54. The second kappa shape index (κ2) is 2.70. The van der Waals surface area contributed by atoms with Gasteiger partial charge in [0.15, 0.2) is 0 Å². The van der Waals surface area contributed by atoms with Gasteiger partial charge in [-0.2, -0.15) is 0 Å². The fourth-order valence-electron chi connectivity index (χ4n) is 0.649. The Kier molecular flexibility index (Phi) is 1.91. The Balaban J connectivity index is 3.20. The average Bonchev–Trinajstić information content (AvgIpc) is 2.30. The lowest BCUT2D eigenvalue weighted by Gasteiger charge is -1.89. The van der Waals surface area contributed by atoms with Crippen molar-refractivity contribution in [1.29, 1.82) is 5.41 Å². The van der Waals surface area contributed by atoms with Gasteiger partial charge in [-0.1, -0.05) is 6.58 Å². The van der Waals surface area contributed by atoms with Gasteiger partial charge >= 0.3 is 0 Å². The van der Waals surface area contributed by atoms with Crippen LogP contribution >= 0.6 is 12.6 Å². The van der Waals surface area contributed by atoms with Crippen molar-refractivity contribution >= 4 is 25.0 Å². The Hall–Kier alpha value is -1.03. The molecule has 0 aliphatic rings. The number of rotatable bonds is 2. The van der Waals surface area contributed by atoms with E-state index in [1.54, 1.807) is 12.3 Å². The van der Waals surface area contributed by atoms with E-state index in [9.17, 15) is 0 Å². The van der Waals surface area contributed by atoms with E-state index in [0.29, 0.717) is 10.9 Å². The minimum Gasteiger partial charge on any atom is -0.291 e. The Morgan fingerprint density at radius 1 is 1.80 bits per heavy atom. The number of nitrogens with zero attached hydrogens (tertiary/aromatic N) is 2. The van der Waals surface area contributed by atoms with Gasteiger partial charge in [0, 0.05) is 6.20 Å². The van der Waals surface area contributed by atoms with Crippen molar-refractivity contribution in [3.63, 3.8) is 0 Å². The zero-order valence-electron chi connectivity index (χ0n) is 5.28. The number of hydrogen-bond donors (Lipinski definition) is 2. The fourth-order valence-corrected chi connectivity index (χ4v) is 0.876. The summed E-state index contributed by atoms with van der Waals surface area (Å²) in [6.45, 7) is 3.53. The molecular formula is C6H7N3S. The highest BCUT2D eigenvalue weighted by molar-refractivity contribution is 7.80. The molecule has 0 aromatic carbocycles. The van der Waals surface area contributed by atoms with E-state index >= 15 is 0 Å². The van der Waals surface area contributed by atoms with Crippen molar-refractivity contribution in [3.05, 3.63) is 18.6 Å². The van der Waals surface area contributed by atoms with Crippen LogP contribution in [0.25, 0.3) is 6.08 Å². The van der Waals surface area contributed by atoms with E-state index in [1.165, 1.54) is 4.57 Å². The van der Waals surface area contributed by atoms with Crippen molar-refractivity contribution in [2.24, 2.45) is 0 Å². The molecule has 0 spiro atoms. The number of thiol groups is 1. The van der Waals surface area contributed by atoms with Crippen LogP contribution < -0.4 is 0 Å². The van der Waals surface area contributed by atoms with Crippen LogP contribution in [0.15, 0.2) is 17.8 Å². The van der Waals surface area contributed by atoms with Crippen LogP contribution in [0.1, 0.15) is 5.82 Å². The minimum atomic E-state index is 0.596. The van der Waals surface area contributed by atoms with Crippen molar-refractivity contribution in [1.82, 2.24) is 9.55 Å². The van der Waals surface area contributed by atoms with Gasteiger partial charge in [0.25, 0.3) is 0 Å². The van der Waals surface area contributed by atoms with E-state index in [0.717, 1.165) is 6.34 Å². The molecule has 0 fully saturated rings. The predicted octanol–water partition coefficient (Wildman–Crippen LogP) is 1.27. The predicted molar refractivity (Wildman–Crippen MR) is 43.8 cm³/mol. The van der Waals surface area contributed by atoms with E-state index < -0.39 is 0 Å². The zero-order chi connectivity index (χ0) is 7.56. The molecule has 0 radical (unpaired) electrons. The highest BCUT2D eigenvalue weighted by Gasteiger charge is 1.97. The summed E-state index contributed by atoms with van der Waals surface area (Å²) in [5.74, 6) is 0.639. The van der Waals surface area contributed by atoms with E-state index in [-0.39, 0.29) is 0 Å². The molecule has 1 heterocycles. The Bertz CT molecular complexity index is 238. The number of aromatic nitrogens is 2. The largest absolute Gasteiger partial charge is 0.291 e. The van der Waals surface area contributed by atoms with Gasteiger partial charge in [-0.15, -0.1) is 12.6 Å². The Morgan fingerprint density at radius 2 is 2.50 bits per heavy atom. The van der Waals surface area contributed by atoms with Crippen LogP contribution in [-0.4, -0.2) is 15.9 Å². The maximum absolute atomic E-state index is 6.92. The summed E-state index contributed by atoms with van der Waals surface area (Å²) in [5.41, 5.74) is 0. The van der Waals surface area contributed by atoms with Gasteiger partial charge in [0.2, 0.25) is 0 Å². The van der Waals surface area contributed by atoms with E-state index in [4.69, 9.17) is 5.41 Å². The number of nitrogens with one attached hydrogen (secondary N) is 1. The molecule has 0 aliphatic carbocycles. The molecule has 0 bridgehead atoms. The number of hydrogen-bond acceptors (Lipinski definition) is 3. The molecule has 0 saturated heterocycles. The average molecular weight is 153 g/mol. The van der Waals surface area contributed by atoms with Gasteiger partial charge in [0.05, 0.1) is 6.34 Å². The molecule has 0 atom stereocenters. The van der Waals surface area contributed by atoms with E-state index in [1.807, 2.05) is 0 Å². The van der Waals surface area contributed by atoms with Gasteiger partial charge < -0.3 is 0 Å². The molecule has 0 aliphatic heterocycles.